The Morgan fingerprint density at radius 1 is 0.957 bits per heavy atom. The molecular weight excluding hydrogens is 327 g/mol. The summed E-state index contributed by atoms with van der Waals surface area (Å²) >= 11 is 6.51. The monoisotopic (exact) mass is 337 g/mol. The van der Waals surface area contributed by atoms with Crippen LogP contribution in [0, 0.1) is 0 Å². The fraction of sp³-hybridized carbons (Fsp3) is 0.118. The number of nitrogens with zero attached hydrogens (tertiary/aromatic N) is 1. The molecule has 0 radical (unpaired) electrons. The number of fused-ring (bicyclic) bond motifs is 1. The predicted molar refractivity (Wildman–Crippen MR) is 82.6 cm³/mol. The number of halogens is 4. The summed E-state index contributed by atoms with van der Waals surface area (Å²) in [6, 6.07) is 14.9. The molecule has 6 heteroatoms. The van der Waals surface area contributed by atoms with Crippen LogP contribution < -0.4 is 4.74 Å². The van der Waals surface area contributed by atoms with Gasteiger partial charge in [0.05, 0.1) is 10.9 Å². The average molecular weight is 338 g/mol. The third-order valence-corrected chi connectivity index (χ3v) is 3.85. The van der Waals surface area contributed by atoms with Crippen LogP contribution >= 0.6 is 11.6 Å². The molecule has 0 amide bonds. The van der Waals surface area contributed by atoms with Crippen molar-refractivity contribution >= 4 is 22.5 Å². The molecule has 0 N–H and O–H groups in total. The highest BCUT2D eigenvalue weighted by atomic mass is 35.5. The quantitative estimate of drug-likeness (QED) is 0.592. The fourth-order valence-electron chi connectivity index (χ4n) is 2.36. The van der Waals surface area contributed by atoms with Gasteiger partial charge in [-0.15, -0.1) is 24.8 Å². The molecule has 0 aliphatic heterocycles. The summed E-state index contributed by atoms with van der Waals surface area (Å²) in [5.74, 6) is -0.273. The van der Waals surface area contributed by atoms with E-state index in [0.717, 1.165) is 16.5 Å². The Hall–Kier alpha value is -2.27. The molecule has 1 aromatic heterocycles. The molecule has 0 aliphatic rings. The maximum absolute atomic E-state index is 12.2. The van der Waals surface area contributed by atoms with Crippen molar-refractivity contribution in [1.29, 1.82) is 0 Å². The molecule has 0 bridgehead atoms. The summed E-state index contributed by atoms with van der Waals surface area (Å²) < 4.78 is 40.4. The minimum absolute atomic E-state index is 0.273. The van der Waals surface area contributed by atoms with E-state index in [4.69, 9.17) is 11.6 Å². The zero-order valence-corrected chi connectivity index (χ0v) is 12.5. The van der Waals surface area contributed by atoms with Gasteiger partial charge >= 0.3 is 6.36 Å². The van der Waals surface area contributed by atoms with Gasteiger partial charge in [0.25, 0.3) is 0 Å². The van der Waals surface area contributed by atoms with Crippen LogP contribution in [0.15, 0.2) is 60.8 Å². The van der Waals surface area contributed by atoms with Crippen LogP contribution in [0.1, 0.15) is 16.5 Å². The van der Waals surface area contributed by atoms with Crippen molar-refractivity contribution in [3.8, 4) is 5.75 Å². The molecule has 2 aromatic carbocycles. The van der Waals surface area contributed by atoms with Crippen LogP contribution in [0.3, 0.4) is 0 Å². The van der Waals surface area contributed by atoms with Gasteiger partial charge in [-0.05, 0) is 35.4 Å². The molecule has 23 heavy (non-hydrogen) atoms. The SMILES string of the molecule is FC(F)(F)Oc1ccc(C(Cl)c2ccnc3ccccc23)cc1. The number of pyridine rings is 1. The Bertz CT molecular complexity index is 813. The molecule has 1 heterocycles. The maximum atomic E-state index is 12.2. The second-order valence-electron chi connectivity index (χ2n) is 4.90. The van der Waals surface area contributed by atoms with Gasteiger partial charge in [0.2, 0.25) is 0 Å². The number of hydrogen-bond donors (Lipinski definition) is 0. The number of aromatic nitrogens is 1. The van der Waals surface area contributed by atoms with Crippen LogP contribution in [0.2, 0.25) is 0 Å². The summed E-state index contributed by atoms with van der Waals surface area (Å²) in [6.45, 7) is 0. The molecule has 3 rings (SSSR count). The number of alkyl halides is 4. The normalized spacial score (nSPS) is 13.0. The average Bonchev–Trinajstić information content (AvgIpc) is 2.53. The number of hydrogen-bond acceptors (Lipinski definition) is 2. The largest absolute Gasteiger partial charge is 0.573 e. The van der Waals surface area contributed by atoms with E-state index in [0.29, 0.717) is 5.56 Å². The lowest BCUT2D eigenvalue weighted by molar-refractivity contribution is -0.274. The molecule has 0 spiro atoms. The van der Waals surface area contributed by atoms with Gasteiger partial charge in [-0.1, -0.05) is 30.3 Å². The van der Waals surface area contributed by atoms with Crippen molar-refractivity contribution in [3.05, 3.63) is 71.9 Å². The van der Waals surface area contributed by atoms with Gasteiger partial charge < -0.3 is 4.74 Å². The summed E-state index contributed by atoms with van der Waals surface area (Å²) in [5, 5.41) is 0.411. The highest BCUT2D eigenvalue weighted by Crippen LogP contribution is 2.34. The molecule has 2 nitrogen and oxygen atoms in total. The highest BCUT2D eigenvalue weighted by molar-refractivity contribution is 6.23. The first-order valence-electron chi connectivity index (χ1n) is 6.77. The Morgan fingerprint density at radius 3 is 2.35 bits per heavy atom. The Kier molecular flexibility index (Phi) is 4.13. The van der Waals surface area contributed by atoms with Crippen molar-refractivity contribution < 1.29 is 17.9 Å². The zero-order chi connectivity index (χ0) is 16.4. The number of rotatable bonds is 3. The Balaban J connectivity index is 1.92. The summed E-state index contributed by atoms with van der Waals surface area (Å²) in [5.41, 5.74) is 2.34. The molecule has 0 aliphatic carbocycles. The van der Waals surface area contributed by atoms with Gasteiger partial charge in [0.15, 0.2) is 0 Å². The number of para-hydroxylation sites is 1. The molecule has 1 atom stereocenters. The lowest BCUT2D eigenvalue weighted by atomic mass is 10.0. The third kappa shape index (κ3) is 3.56. The minimum atomic E-state index is -4.71. The molecule has 118 valence electrons. The van der Waals surface area contributed by atoms with E-state index in [1.165, 1.54) is 24.3 Å². The lowest BCUT2D eigenvalue weighted by Crippen LogP contribution is -2.17. The molecule has 3 aromatic rings. The van der Waals surface area contributed by atoms with E-state index in [-0.39, 0.29) is 5.75 Å². The molecule has 0 fully saturated rings. The van der Waals surface area contributed by atoms with Crippen LogP contribution in [-0.4, -0.2) is 11.3 Å². The first-order valence-corrected chi connectivity index (χ1v) is 7.21. The molecule has 0 saturated carbocycles. The lowest BCUT2D eigenvalue weighted by Gasteiger charge is -2.14. The standard InChI is InChI=1S/C17H11ClF3NO/c18-16(11-5-7-12(8-6-11)23-17(19,20)21)14-9-10-22-15-4-2-1-3-13(14)15/h1-10,16H. The van der Waals surface area contributed by atoms with Crippen molar-refractivity contribution in [2.24, 2.45) is 0 Å². The van der Waals surface area contributed by atoms with Crippen LogP contribution in [0.4, 0.5) is 13.2 Å². The van der Waals surface area contributed by atoms with E-state index >= 15 is 0 Å². The fourth-order valence-corrected chi connectivity index (χ4v) is 2.69. The van der Waals surface area contributed by atoms with E-state index in [9.17, 15) is 13.2 Å². The summed E-state index contributed by atoms with van der Waals surface area (Å²) in [6.07, 6.45) is -3.04. The van der Waals surface area contributed by atoms with E-state index in [2.05, 4.69) is 9.72 Å². The maximum Gasteiger partial charge on any atom is 0.573 e. The van der Waals surface area contributed by atoms with Gasteiger partial charge in [-0.3, -0.25) is 4.98 Å². The number of ether oxygens (including phenoxy) is 1. The first-order chi connectivity index (χ1) is 10.9. The van der Waals surface area contributed by atoms with Crippen LogP contribution in [0.25, 0.3) is 10.9 Å². The number of benzene rings is 2. The zero-order valence-electron chi connectivity index (χ0n) is 11.7. The van der Waals surface area contributed by atoms with Gasteiger partial charge in [-0.2, -0.15) is 0 Å². The van der Waals surface area contributed by atoms with E-state index < -0.39 is 11.7 Å². The van der Waals surface area contributed by atoms with Crippen LogP contribution in [0.5, 0.6) is 5.75 Å². The van der Waals surface area contributed by atoms with E-state index in [1.807, 2.05) is 24.3 Å². The van der Waals surface area contributed by atoms with Gasteiger partial charge in [0.1, 0.15) is 5.75 Å². The second-order valence-corrected chi connectivity index (χ2v) is 5.33. The predicted octanol–water partition coefficient (Wildman–Crippen LogP) is 5.46. The highest BCUT2D eigenvalue weighted by Gasteiger charge is 2.31. The third-order valence-electron chi connectivity index (χ3n) is 3.36. The Labute approximate surface area is 135 Å². The van der Waals surface area contributed by atoms with Gasteiger partial charge in [0, 0.05) is 11.6 Å². The van der Waals surface area contributed by atoms with Crippen molar-refractivity contribution in [2.45, 2.75) is 11.7 Å². The second kappa shape index (κ2) is 6.08. The summed E-state index contributed by atoms with van der Waals surface area (Å²) in [7, 11) is 0. The molecule has 0 saturated heterocycles. The summed E-state index contributed by atoms with van der Waals surface area (Å²) in [4.78, 5) is 4.27. The van der Waals surface area contributed by atoms with Crippen molar-refractivity contribution in [3.63, 3.8) is 0 Å². The van der Waals surface area contributed by atoms with Crippen molar-refractivity contribution in [1.82, 2.24) is 4.98 Å². The topological polar surface area (TPSA) is 22.1 Å². The minimum Gasteiger partial charge on any atom is -0.406 e. The van der Waals surface area contributed by atoms with Gasteiger partial charge in [-0.25, -0.2) is 0 Å². The first kappa shape index (κ1) is 15.6. The molecule has 1 unspecified atom stereocenters. The Morgan fingerprint density at radius 2 is 1.65 bits per heavy atom. The van der Waals surface area contributed by atoms with Crippen LogP contribution in [-0.2, 0) is 0 Å². The molecular formula is C17H11ClF3NO. The smallest absolute Gasteiger partial charge is 0.406 e. The van der Waals surface area contributed by atoms with E-state index in [1.54, 1.807) is 12.3 Å². The van der Waals surface area contributed by atoms with Crippen molar-refractivity contribution in [2.75, 3.05) is 0 Å².